The Morgan fingerprint density at radius 2 is 2.12 bits per heavy atom. The lowest BCUT2D eigenvalue weighted by Gasteiger charge is -2.22. The first-order valence-corrected chi connectivity index (χ1v) is 10.4. The van der Waals surface area contributed by atoms with Crippen molar-refractivity contribution in [3.8, 4) is 0 Å². The molecule has 0 saturated heterocycles. The van der Waals surface area contributed by atoms with Gasteiger partial charge < -0.3 is 10.2 Å². The Hall–Kier alpha value is -0.650. The molecule has 1 N–H and O–H groups in total. The molecule has 6 nitrogen and oxygen atoms in total. The fourth-order valence-electron chi connectivity index (χ4n) is 2.03. The molecule has 0 atom stereocenters. The highest BCUT2D eigenvalue weighted by Crippen LogP contribution is 2.19. The van der Waals surface area contributed by atoms with Crippen LogP contribution in [0.2, 0.25) is 0 Å². The molecule has 0 aliphatic rings. The summed E-state index contributed by atoms with van der Waals surface area (Å²) in [5.74, 6) is 0.795. The van der Waals surface area contributed by atoms with Crippen LogP contribution in [0.3, 0.4) is 0 Å². The van der Waals surface area contributed by atoms with Gasteiger partial charge in [0.05, 0.1) is 6.54 Å². The van der Waals surface area contributed by atoms with E-state index in [9.17, 15) is 8.42 Å². The van der Waals surface area contributed by atoms with Crippen LogP contribution in [0.4, 0.5) is 0 Å². The van der Waals surface area contributed by atoms with E-state index in [1.807, 2.05) is 20.0 Å². The quantitative estimate of drug-likeness (QED) is 0.177. The molecule has 0 aliphatic heterocycles. The Balaban J connectivity index is 0.00000576. The van der Waals surface area contributed by atoms with Crippen LogP contribution in [0.15, 0.2) is 39.4 Å². The third kappa shape index (κ3) is 8.06. The number of nitrogens with one attached hydrogen (secondary N) is 1. The molecule has 1 heterocycles. The predicted molar refractivity (Wildman–Crippen MR) is 118 cm³/mol. The van der Waals surface area contributed by atoms with Crippen molar-refractivity contribution in [2.24, 2.45) is 4.99 Å². The van der Waals surface area contributed by atoms with Crippen molar-refractivity contribution in [2.75, 3.05) is 40.3 Å². The number of aliphatic imine (C=N–C) groups is 1. The fraction of sp³-hybridized carbons (Fsp3) is 0.562. The minimum Gasteiger partial charge on any atom is -0.357 e. The number of thiophene rings is 1. The van der Waals surface area contributed by atoms with Crippen LogP contribution >= 0.6 is 35.3 Å². The highest BCUT2D eigenvalue weighted by Gasteiger charge is 2.21. The summed E-state index contributed by atoms with van der Waals surface area (Å²) >= 11 is 1.23. The Kier molecular flexibility index (Phi) is 12.3. The van der Waals surface area contributed by atoms with Crippen LogP contribution in [0, 0.1) is 0 Å². The monoisotopic (exact) mass is 500 g/mol. The highest BCUT2D eigenvalue weighted by molar-refractivity contribution is 14.0. The van der Waals surface area contributed by atoms with E-state index in [2.05, 4.69) is 21.8 Å². The minimum absolute atomic E-state index is 0. The third-order valence-corrected chi connectivity index (χ3v) is 6.66. The summed E-state index contributed by atoms with van der Waals surface area (Å²) in [6.07, 6.45) is 3.88. The van der Waals surface area contributed by atoms with Crippen LogP contribution in [-0.2, 0) is 10.0 Å². The van der Waals surface area contributed by atoms with Gasteiger partial charge in [-0.1, -0.05) is 12.1 Å². The summed E-state index contributed by atoms with van der Waals surface area (Å²) in [6, 6.07) is 3.36. The fourth-order valence-corrected chi connectivity index (χ4v) is 4.39. The SMILES string of the molecule is C=CCCCN(C)C(=NCCN(C)S(=O)(=O)c1cccs1)NCC.I. The molecule has 0 aliphatic carbocycles. The Labute approximate surface area is 173 Å². The largest absolute Gasteiger partial charge is 0.357 e. The van der Waals surface area contributed by atoms with E-state index in [1.165, 1.54) is 15.6 Å². The number of hydrogen-bond donors (Lipinski definition) is 1. The first-order valence-electron chi connectivity index (χ1n) is 8.03. The van der Waals surface area contributed by atoms with Crippen molar-refractivity contribution < 1.29 is 8.42 Å². The van der Waals surface area contributed by atoms with Gasteiger partial charge in [-0.05, 0) is 31.2 Å². The molecule has 0 radical (unpaired) electrons. The number of hydrogen-bond acceptors (Lipinski definition) is 4. The van der Waals surface area contributed by atoms with E-state index >= 15 is 0 Å². The van der Waals surface area contributed by atoms with Crippen molar-refractivity contribution in [3.63, 3.8) is 0 Å². The number of unbranched alkanes of at least 4 members (excludes halogenated alkanes) is 1. The number of likely N-dealkylation sites (N-methyl/N-ethyl adjacent to an activating group) is 1. The highest BCUT2D eigenvalue weighted by atomic mass is 127. The van der Waals surface area contributed by atoms with E-state index in [-0.39, 0.29) is 24.0 Å². The molecule has 1 aromatic heterocycles. The lowest BCUT2D eigenvalue weighted by atomic mass is 10.3. The smallest absolute Gasteiger partial charge is 0.252 e. The second-order valence-electron chi connectivity index (χ2n) is 5.35. The molecule has 0 bridgehead atoms. The van der Waals surface area contributed by atoms with E-state index in [4.69, 9.17) is 0 Å². The van der Waals surface area contributed by atoms with Gasteiger partial charge in [-0.25, -0.2) is 8.42 Å². The molecule has 144 valence electrons. The maximum Gasteiger partial charge on any atom is 0.252 e. The van der Waals surface area contributed by atoms with Crippen molar-refractivity contribution in [2.45, 2.75) is 24.0 Å². The Morgan fingerprint density at radius 1 is 1.40 bits per heavy atom. The molecule has 25 heavy (non-hydrogen) atoms. The second kappa shape index (κ2) is 12.7. The van der Waals surface area contributed by atoms with Crippen molar-refractivity contribution in [3.05, 3.63) is 30.2 Å². The van der Waals surface area contributed by atoms with Gasteiger partial charge in [0.2, 0.25) is 0 Å². The van der Waals surface area contributed by atoms with Crippen molar-refractivity contribution in [1.82, 2.24) is 14.5 Å². The van der Waals surface area contributed by atoms with Crippen molar-refractivity contribution in [1.29, 1.82) is 0 Å². The van der Waals surface area contributed by atoms with Gasteiger partial charge in [-0.2, -0.15) is 4.31 Å². The van der Waals surface area contributed by atoms with Crippen LogP contribution in [0.25, 0.3) is 0 Å². The number of rotatable bonds is 10. The van der Waals surface area contributed by atoms with Gasteiger partial charge in [-0.3, -0.25) is 4.99 Å². The van der Waals surface area contributed by atoms with Gasteiger partial charge in [0.1, 0.15) is 4.21 Å². The number of nitrogens with zero attached hydrogens (tertiary/aromatic N) is 3. The normalized spacial score (nSPS) is 11.9. The second-order valence-corrected chi connectivity index (χ2v) is 8.57. The average molecular weight is 500 g/mol. The molecule has 0 amide bonds. The zero-order chi connectivity index (χ0) is 18.0. The number of guanidine groups is 1. The zero-order valence-corrected chi connectivity index (χ0v) is 19.1. The standard InChI is InChI=1S/C16H28N4O2S2.HI/c1-5-7-8-12-19(3)16(17-6-2)18-11-13-20(4)24(21,22)15-10-9-14-23-15;/h5,9-10,14H,1,6-8,11-13H2,2-4H3,(H,17,18);1H. The molecule has 1 aromatic rings. The molecule has 0 unspecified atom stereocenters. The Morgan fingerprint density at radius 3 is 2.68 bits per heavy atom. The molecule has 0 saturated carbocycles. The molecule has 0 aromatic carbocycles. The van der Waals surface area contributed by atoms with E-state index in [1.54, 1.807) is 24.6 Å². The van der Waals surface area contributed by atoms with Gasteiger partial charge in [0.15, 0.2) is 5.96 Å². The van der Waals surface area contributed by atoms with Crippen LogP contribution in [-0.4, -0.2) is 63.9 Å². The van der Waals surface area contributed by atoms with Gasteiger partial charge >= 0.3 is 0 Å². The summed E-state index contributed by atoms with van der Waals surface area (Å²) in [4.78, 5) is 6.59. The first kappa shape index (κ1) is 24.4. The van der Waals surface area contributed by atoms with E-state index < -0.39 is 10.0 Å². The third-order valence-electron chi connectivity index (χ3n) is 3.43. The summed E-state index contributed by atoms with van der Waals surface area (Å²) in [5.41, 5.74) is 0. The molecular weight excluding hydrogens is 471 g/mol. The average Bonchev–Trinajstić information content (AvgIpc) is 3.09. The summed E-state index contributed by atoms with van der Waals surface area (Å²) in [5, 5.41) is 5.00. The lowest BCUT2D eigenvalue weighted by molar-refractivity contribution is 0.460. The van der Waals surface area contributed by atoms with E-state index in [0.717, 1.165) is 31.9 Å². The first-order chi connectivity index (χ1) is 11.4. The molecular formula is C16H29IN4O2S2. The van der Waals surface area contributed by atoms with Crippen LogP contribution < -0.4 is 5.32 Å². The Bertz CT molecular complexity index is 618. The molecule has 1 rings (SSSR count). The zero-order valence-electron chi connectivity index (χ0n) is 15.1. The number of allylic oxidation sites excluding steroid dienone is 1. The van der Waals surface area contributed by atoms with Gasteiger partial charge in [-0.15, -0.1) is 41.9 Å². The summed E-state index contributed by atoms with van der Waals surface area (Å²) in [7, 11) is 0.165. The van der Waals surface area contributed by atoms with Crippen LogP contribution in [0.1, 0.15) is 19.8 Å². The number of halogens is 1. The molecule has 0 spiro atoms. The number of sulfonamides is 1. The lowest BCUT2D eigenvalue weighted by Crippen LogP contribution is -2.40. The maximum absolute atomic E-state index is 12.4. The van der Waals surface area contributed by atoms with Crippen molar-refractivity contribution >= 4 is 51.3 Å². The minimum atomic E-state index is -3.41. The molecule has 9 heteroatoms. The van der Waals surface area contributed by atoms with Gasteiger partial charge in [0.25, 0.3) is 10.0 Å². The van der Waals surface area contributed by atoms with Gasteiger partial charge in [0, 0.05) is 33.7 Å². The summed E-state index contributed by atoms with van der Waals surface area (Å²) in [6.45, 7) is 8.14. The maximum atomic E-state index is 12.4. The topological polar surface area (TPSA) is 65.0 Å². The summed E-state index contributed by atoms with van der Waals surface area (Å²) < 4.78 is 26.4. The van der Waals surface area contributed by atoms with E-state index in [0.29, 0.717) is 17.3 Å². The predicted octanol–water partition coefficient (Wildman–Crippen LogP) is 2.85. The molecule has 0 fully saturated rings. The van der Waals surface area contributed by atoms with Crippen LogP contribution in [0.5, 0.6) is 0 Å².